The maximum atomic E-state index is 15.1. The van der Waals surface area contributed by atoms with Crippen molar-refractivity contribution in [3.63, 3.8) is 0 Å². The van der Waals surface area contributed by atoms with Crippen molar-refractivity contribution in [1.82, 2.24) is 19.4 Å². The van der Waals surface area contributed by atoms with Gasteiger partial charge in [0.2, 0.25) is 0 Å². The fraction of sp³-hybridized carbons (Fsp3) is 0.320. The van der Waals surface area contributed by atoms with E-state index in [1.807, 2.05) is 0 Å². The van der Waals surface area contributed by atoms with Gasteiger partial charge in [0, 0.05) is 53.7 Å². The zero-order valence-corrected chi connectivity index (χ0v) is 18.8. The maximum Gasteiger partial charge on any atom is 0.387 e. The average Bonchev–Trinajstić information content (AvgIpc) is 3.54. The first-order valence-corrected chi connectivity index (χ1v) is 11.4. The van der Waals surface area contributed by atoms with E-state index in [-0.39, 0.29) is 35.8 Å². The number of fused-ring (bicyclic) bond motifs is 3. The van der Waals surface area contributed by atoms with E-state index in [4.69, 9.17) is 9.47 Å². The summed E-state index contributed by atoms with van der Waals surface area (Å²) in [5, 5.41) is 21.3. The van der Waals surface area contributed by atoms with Gasteiger partial charge in [0.25, 0.3) is 0 Å². The summed E-state index contributed by atoms with van der Waals surface area (Å²) in [5.41, 5.74) is 0.956. The Labute approximate surface area is 203 Å². The van der Waals surface area contributed by atoms with Gasteiger partial charge >= 0.3 is 6.61 Å². The molecule has 0 amide bonds. The van der Waals surface area contributed by atoms with E-state index in [2.05, 4.69) is 15.0 Å². The summed E-state index contributed by atoms with van der Waals surface area (Å²) in [5.74, 6) is -0.869. The number of rotatable bonds is 5. The molecule has 6 rings (SSSR count). The van der Waals surface area contributed by atoms with Gasteiger partial charge in [-0.15, -0.1) is 0 Å². The smallest absolute Gasteiger partial charge is 0.387 e. The molecule has 1 aliphatic heterocycles. The van der Waals surface area contributed by atoms with E-state index in [1.54, 1.807) is 22.6 Å². The molecule has 3 aromatic heterocycles. The number of hydrogen-bond donors (Lipinski definition) is 2. The van der Waals surface area contributed by atoms with Crippen LogP contribution in [0.15, 0.2) is 48.9 Å². The Balaban J connectivity index is 1.44. The summed E-state index contributed by atoms with van der Waals surface area (Å²) in [6, 6.07) is 7.65. The summed E-state index contributed by atoms with van der Waals surface area (Å²) in [4.78, 5) is 12.9. The fourth-order valence-corrected chi connectivity index (χ4v) is 5.04. The molecule has 36 heavy (non-hydrogen) atoms. The Morgan fingerprint density at radius 2 is 1.97 bits per heavy atom. The third-order valence-electron chi connectivity index (χ3n) is 6.77. The zero-order valence-electron chi connectivity index (χ0n) is 18.8. The quantitative estimate of drug-likeness (QED) is 0.433. The molecule has 1 aliphatic carbocycles. The molecule has 4 aromatic rings. The molecule has 0 unspecified atom stereocenters. The number of benzene rings is 1. The molecule has 186 valence electrons. The predicted octanol–water partition coefficient (Wildman–Crippen LogP) is 3.71. The molecule has 2 aliphatic rings. The van der Waals surface area contributed by atoms with Crippen molar-refractivity contribution in [2.75, 3.05) is 13.2 Å². The van der Waals surface area contributed by atoms with Crippen LogP contribution < -0.4 is 4.74 Å². The van der Waals surface area contributed by atoms with Gasteiger partial charge in [-0.2, -0.15) is 8.78 Å². The van der Waals surface area contributed by atoms with E-state index in [0.717, 1.165) is 0 Å². The Kier molecular flexibility index (Phi) is 5.43. The molecule has 4 heterocycles. The number of aromatic nitrogens is 4. The molecule has 1 saturated heterocycles. The summed E-state index contributed by atoms with van der Waals surface area (Å²) in [7, 11) is 0. The number of ether oxygens (including phenoxy) is 2. The number of aliphatic hydroxyl groups is 2. The first-order chi connectivity index (χ1) is 17.3. The Morgan fingerprint density at radius 3 is 2.69 bits per heavy atom. The van der Waals surface area contributed by atoms with Gasteiger partial charge in [0.15, 0.2) is 5.82 Å². The summed E-state index contributed by atoms with van der Waals surface area (Å²) in [6.07, 6.45) is 4.03. The van der Waals surface area contributed by atoms with Crippen molar-refractivity contribution in [3.8, 4) is 16.9 Å². The monoisotopic (exact) mass is 498 g/mol. The van der Waals surface area contributed by atoms with Gasteiger partial charge in [-0.25, -0.2) is 19.3 Å². The molecular formula is C25H21F3N4O4. The highest BCUT2D eigenvalue weighted by Gasteiger charge is 2.38. The molecule has 1 aromatic carbocycles. The lowest BCUT2D eigenvalue weighted by molar-refractivity contribution is -0.0506. The van der Waals surface area contributed by atoms with Gasteiger partial charge < -0.3 is 24.1 Å². The largest absolute Gasteiger partial charge is 0.435 e. The lowest BCUT2D eigenvalue weighted by Gasteiger charge is -2.18. The number of pyridine rings is 1. The second-order valence-corrected chi connectivity index (χ2v) is 9.00. The van der Waals surface area contributed by atoms with Crippen LogP contribution in [0.1, 0.15) is 47.6 Å². The van der Waals surface area contributed by atoms with E-state index in [1.165, 1.54) is 30.7 Å². The summed E-state index contributed by atoms with van der Waals surface area (Å²) in [6.45, 7) is -2.51. The Bertz CT molecular complexity index is 1440. The van der Waals surface area contributed by atoms with Crippen molar-refractivity contribution in [2.45, 2.75) is 37.1 Å². The third kappa shape index (κ3) is 3.71. The molecule has 0 bridgehead atoms. The number of halogens is 3. The normalized spacial score (nSPS) is 23.5. The highest BCUT2D eigenvalue weighted by Crippen LogP contribution is 2.47. The van der Waals surface area contributed by atoms with Crippen LogP contribution in [-0.4, -0.2) is 49.4 Å². The highest BCUT2D eigenvalue weighted by molar-refractivity contribution is 5.65. The molecular weight excluding hydrogens is 477 g/mol. The number of imidazole rings is 1. The topological polar surface area (TPSA) is 102 Å². The van der Waals surface area contributed by atoms with Gasteiger partial charge in [-0.3, -0.25) is 0 Å². The predicted molar refractivity (Wildman–Crippen MR) is 120 cm³/mol. The zero-order chi connectivity index (χ0) is 25.0. The first-order valence-electron chi connectivity index (χ1n) is 11.4. The maximum absolute atomic E-state index is 15.1. The van der Waals surface area contributed by atoms with Crippen LogP contribution >= 0.6 is 0 Å². The Hall–Kier alpha value is -3.54. The number of nitrogens with zero attached hydrogens (tertiary/aromatic N) is 4. The summed E-state index contributed by atoms with van der Waals surface area (Å²) >= 11 is 0. The summed E-state index contributed by atoms with van der Waals surface area (Å²) < 4.78 is 52.8. The van der Waals surface area contributed by atoms with Crippen molar-refractivity contribution < 1.29 is 32.9 Å². The SMILES string of the molecule is O[C@@H]1C[C@H](c2ccccc2OC(F)F)c2c1nc1cc(F)c(-c3cnc([C@]4(O)CCOC4)nc3)cn21. The number of para-hydroxylation sites is 1. The number of hydrogen-bond acceptors (Lipinski definition) is 7. The average molecular weight is 498 g/mol. The molecule has 8 nitrogen and oxygen atoms in total. The van der Waals surface area contributed by atoms with E-state index in [0.29, 0.717) is 35.5 Å². The van der Waals surface area contributed by atoms with Crippen LogP contribution in [0.25, 0.3) is 16.8 Å². The van der Waals surface area contributed by atoms with Crippen molar-refractivity contribution in [3.05, 3.63) is 77.5 Å². The van der Waals surface area contributed by atoms with Crippen LogP contribution in [0.4, 0.5) is 13.2 Å². The lowest BCUT2D eigenvalue weighted by Crippen LogP contribution is -2.28. The van der Waals surface area contributed by atoms with Crippen LogP contribution in [-0.2, 0) is 10.3 Å². The van der Waals surface area contributed by atoms with Crippen LogP contribution in [0.3, 0.4) is 0 Å². The minimum Gasteiger partial charge on any atom is -0.435 e. The Morgan fingerprint density at radius 1 is 1.19 bits per heavy atom. The second kappa shape index (κ2) is 8.54. The third-order valence-corrected chi connectivity index (χ3v) is 6.77. The van der Waals surface area contributed by atoms with E-state index >= 15 is 4.39 Å². The molecule has 1 fully saturated rings. The molecule has 2 N–H and O–H groups in total. The van der Waals surface area contributed by atoms with Crippen molar-refractivity contribution in [1.29, 1.82) is 0 Å². The standard InChI is InChI=1S/C25H21F3N4O4/c26-17-8-20-31-21-18(33)7-15(14-3-1-2-4-19(14)36-24(27)28)22(21)32(20)11-16(17)13-9-29-23(30-10-13)25(34)5-6-35-12-25/h1-4,8-11,15,18,24,33-34H,5-7,12H2/t15-,18-,25+/m1/s1. The van der Waals surface area contributed by atoms with Crippen LogP contribution in [0.5, 0.6) is 5.75 Å². The molecule has 11 heteroatoms. The van der Waals surface area contributed by atoms with Gasteiger partial charge in [-0.05, 0) is 12.5 Å². The minimum atomic E-state index is -3.00. The first kappa shape index (κ1) is 22.9. The molecule has 3 atom stereocenters. The van der Waals surface area contributed by atoms with Gasteiger partial charge in [0.05, 0.1) is 30.7 Å². The fourth-order valence-electron chi connectivity index (χ4n) is 5.04. The van der Waals surface area contributed by atoms with Crippen molar-refractivity contribution >= 4 is 5.65 Å². The van der Waals surface area contributed by atoms with Crippen LogP contribution in [0.2, 0.25) is 0 Å². The number of alkyl halides is 2. The van der Waals surface area contributed by atoms with Gasteiger partial charge in [0.1, 0.15) is 22.8 Å². The molecule has 0 radical (unpaired) electrons. The molecule has 0 spiro atoms. The van der Waals surface area contributed by atoms with E-state index < -0.39 is 30.1 Å². The van der Waals surface area contributed by atoms with E-state index in [9.17, 15) is 19.0 Å². The highest BCUT2D eigenvalue weighted by atomic mass is 19.3. The minimum absolute atomic E-state index is 0.00708. The lowest BCUT2D eigenvalue weighted by atomic mass is 9.95. The van der Waals surface area contributed by atoms with Crippen LogP contribution in [0, 0.1) is 5.82 Å². The molecule has 0 saturated carbocycles. The number of aliphatic hydroxyl groups excluding tert-OH is 1. The second-order valence-electron chi connectivity index (χ2n) is 9.00. The van der Waals surface area contributed by atoms with Crippen molar-refractivity contribution in [2.24, 2.45) is 0 Å². The van der Waals surface area contributed by atoms with Gasteiger partial charge in [-0.1, -0.05) is 18.2 Å².